The Labute approximate surface area is 224 Å². The molecule has 38 heavy (non-hydrogen) atoms. The van der Waals surface area contributed by atoms with Crippen LogP contribution in [0.25, 0.3) is 10.9 Å². The van der Waals surface area contributed by atoms with E-state index in [4.69, 9.17) is 0 Å². The van der Waals surface area contributed by atoms with E-state index in [0.29, 0.717) is 18.4 Å². The number of hydrogen-bond acceptors (Lipinski definition) is 4. The van der Waals surface area contributed by atoms with E-state index in [1.165, 1.54) is 17.7 Å². The Morgan fingerprint density at radius 3 is 2.58 bits per heavy atom. The van der Waals surface area contributed by atoms with Crippen LogP contribution in [0.4, 0.5) is 0 Å². The third-order valence-corrected chi connectivity index (χ3v) is 9.03. The summed E-state index contributed by atoms with van der Waals surface area (Å²) in [6.45, 7) is 8.03. The zero-order chi connectivity index (χ0) is 27.2. The molecule has 1 aliphatic heterocycles. The number of H-pyrrole nitrogens is 1. The first-order chi connectivity index (χ1) is 18.1. The number of aliphatic hydroxyl groups excluding tert-OH is 2. The number of carbonyl (C=O) groups is 2. The van der Waals surface area contributed by atoms with Gasteiger partial charge in [0.2, 0.25) is 5.91 Å². The molecule has 200 valence electrons. The van der Waals surface area contributed by atoms with Crippen LogP contribution in [0, 0.1) is 29.1 Å². The zero-order valence-corrected chi connectivity index (χ0v) is 22.5. The number of fused-ring (bicyclic) bond motifs is 1. The molecule has 2 aliphatic carbocycles. The van der Waals surface area contributed by atoms with Gasteiger partial charge in [-0.25, -0.2) is 0 Å². The average molecular weight is 515 g/mol. The highest BCUT2D eigenvalue weighted by atomic mass is 16.3. The second-order valence-electron chi connectivity index (χ2n) is 11.5. The minimum atomic E-state index is -1.33. The summed E-state index contributed by atoms with van der Waals surface area (Å²) in [5.74, 6) is -1.15. The molecule has 1 amide bonds. The van der Waals surface area contributed by atoms with Gasteiger partial charge in [-0.15, -0.1) is 0 Å². The molecule has 5 rings (SSSR count). The first kappa shape index (κ1) is 26.4. The van der Waals surface area contributed by atoms with E-state index in [2.05, 4.69) is 49.3 Å². The number of rotatable bonds is 2. The molecule has 6 nitrogen and oxygen atoms in total. The van der Waals surface area contributed by atoms with Gasteiger partial charge in [-0.05, 0) is 67.9 Å². The Hall–Kier alpha value is -3.22. The quantitative estimate of drug-likeness (QED) is 0.352. The molecule has 1 saturated heterocycles. The molecule has 1 fully saturated rings. The number of hydrogen-bond donors (Lipinski definition) is 4. The maximum atomic E-state index is 14.2. The third kappa shape index (κ3) is 4.30. The summed E-state index contributed by atoms with van der Waals surface area (Å²) in [5, 5.41) is 25.6. The smallest absolute Gasteiger partial charge is 0.235 e. The van der Waals surface area contributed by atoms with Crippen molar-refractivity contribution in [2.24, 2.45) is 29.1 Å². The molecular weight excluding hydrogens is 476 g/mol. The van der Waals surface area contributed by atoms with Gasteiger partial charge in [0.1, 0.15) is 17.6 Å². The number of carbonyl (C=O) groups excluding carboxylic acids is 2. The molecule has 6 heteroatoms. The summed E-state index contributed by atoms with van der Waals surface area (Å²) in [4.78, 5) is 31.5. The molecule has 3 aliphatic rings. The van der Waals surface area contributed by atoms with Crippen LogP contribution in [0.1, 0.15) is 39.7 Å². The van der Waals surface area contributed by atoms with Crippen LogP contribution in [0.2, 0.25) is 0 Å². The number of benzene rings is 1. The number of aromatic nitrogens is 1. The Morgan fingerprint density at radius 1 is 1.03 bits per heavy atom. The minimum absolute atomic E-state index is 0.000174. The van der Waals surface area contributed by atoms with Gasteiger partial charge in [0.15, 0.2) is 5.78 Å². The highest BCUT2D eigenvalue weighted by molar-refractivity contribution is 6.13. The summed E-state index contributed by atoms with van der Waals surface area (Å²) >= 11 is 0. The third-order valence-electron chi connectivity index (χ3n) is 9.03. The van der Waals surface area contributed by atoms with Crippen molar-refractivity contribution in [2.45, 2.75) is 58.8 Å². The normalized spacial score (nSPS) is 38.9. The fourth-order valence-corrected chi connectivity index (χ4v) is 6.93. The number of para-hydroxylation sites is 1. The van der Waals surface area contributed by atoms with Gasteiger partial charge in [0.05, 0.1) is 0 Å². The lowest BCUT2D eigenvalue weighted by atomic mass is 9.55. The minimum Gasteiger partial charge on any atom is -0.386 e. The molecular formula is C32H38N2O4. The predicted octanol–water partition coefficient (Wildman–Crippen LogP) is 4.41. The van der Waals surface area contributed by atoms with Gasteiger partial charge in [0.25, 0.3) is 0 Å². The largest absolute Gasteiger partial charge is 0.386 e. The predicted molar refractivity (Wildman–Crippen MR) is 149 cm³/mol. The molecule has 1 spiro atoms. The van der Waals surface area contributed by atoms with Crippen molar-refractivity contribution in [3.63, 3.8) is 0 Å². The molecule has 4 N–H and O–H groups in total. The van der Waals surface area contributed by atoms with Gasteiger partial charge in [-0.3, -0.25) is 9.59 Å². The molecule has 0 radical (unpaired) electrons. The van der Waals surface area contributed by atoms with Crippen molar-refractivity contribution in [2.75, 3.05) is 0 Å². The van der Waals surface area contributed by atoms with Crippen LogP contribution >= 0.6 is 0 Å². The average Bonchev–Trinajstić information content (AvgIpc) is 3.43. The standard InChI is InChI=1S/C32H38N2O4/c1-18-8-7-9-23-15-19(2)21(4)29-26(16-22-17-33-25-11-6-5-10-24(22)25)34-31(38)32(23,29)28(36)13-12-27(35)30(37)20(3)14-18/h5-7,9-15,17-18,21,23,26-27,29-30,33,35,37H,8,16H2,1-4H3,(H,34,38)/b9-7+,13-12+,20-14+/t18-,21+,23-,26-,27-,29-,30+,32+/m0/s1. The van der Waals surface area contributed by atoms with Crippen LogP contribution in [-0.4, -0.2) is 45.1 Å². The summed E-state index contributed by atoms with van der Waals surface area (Å²) < 4.78 is 0. The molecule has 0 unspecified atom stereocenters. The number of ketones is 1. The van der Waals surface area contributed by atoms with Crippen LogP contribution in [0.15, 0.2) is 78.1 Å². The first-order valence-corrected chi connectivity index (χ1v) is 13.6. The Bertz CT molecular complexity index is 1360. The Kier molecular flexibility index (Phi) is 7.05. The van der Waals surface area contributed by atoms with Crippen molar-refractivity contribution in [1.82, 2.24) is 10.3 Å². The van der Waals surface area contributed by atoms with Crippen LogP contribution < -0.4 is 5.32 Å². The monoisotopic (exact) mass is 514 g/mol. The van der Waals surface area contributed by atoms with E-state index >= 15 is 0 Å². The number of aromatic amines is 1. The molecule has 0 saturated carbocycles. The lowest BCUT2D eigenvalue weighted by Gasteiger charge is -2.44. The molecule has 1 aromatic heterocycles. The summed E-state index contributed by atoms with van der Waals surface area (Å²) in [6.07, 6.45) is 11.7. The molecule has 2 heterocycles. The van der Waals surface area contributed by atoms with Crippen molar-refractivity contribution in [3.05, 3.63) is 83.6 Å². The van der Waals surface area contributed by atoms with Crippen LogP contribution in [0.3, 0.4) is 0 Å². The lowest BCUT2D eigenvalue weighted by molar-refractivity contribution is -0.142. The second kappa shape index (κ2) is 10.2. The summed E-state index contributed by atoms with van der Waals surface area (Å²) in [6, 6.07) is 7.87. The maximum absolute atomic E-state index is 14.2. The fourth-order valence-electron chi connectivity index (χ4n) is 6.93. The highest BCUT2D eigenvalue weighted by Gasteiger charge is 2.64. The molecule has 1 aromatic carbocycles. The van der Waals surface area contributed by atoms with Crippen molar-refractivity contribution >= 4 is 22.6 Å². The highest BCUT2D eigenvalue weighted by Crippen LogP contribution is 2.54. The Morgan fingerprint density at radius 2 is 1.79 bits per heavy atom. The number of aliphatic hydroxyl groups is 2. The van der Waals surface area contributed by atoms with Gasteiger partial charge < -0.3 is 20.5 Å². The topological polar surface area (TPSA) is 102 Å². The zero-order valence-electron chi connectivity index (χ0n) is 22.5. The van der Waals surface area contributed by atoms with Crippen molar-refractivity contribution in [1.29, 1.82) is 0 Å². The van der Waals surface area contributed by atoms with Crippen LogP contribution in [-0.2, 0) is 16.0 Å². The first-order valence-electron chi connectivity index (χ1n) is 13.6. The number of allylic oxidation sites excluding steroid dienone is 6. The fraction of sp³-hybridized carbons (Fsp3) is 0.438. The van der Waals surface area contributed by atoms with E-state index in [-0.39, 0.29) is 35.5 Å². The Balaban J connectivity index is 1.61. The van der Waals surface area contributed by atoms with Crippen molar-refractivity contribution < 1.29 is 19.8 Å². The van der Waals surface area contributed by atoms with Gasteiger partial charge >= 0.3 is 0 Å². The number of amides is 1. The second-order valence-corrected chi connectivity index (χ2v) is 11.5. The summed E-state index contributed by atoms with van der Waals surface area (Å²) in [7, 11) is 0. The lowest BCUT2D eigenvalue weighted by Crippen LogP contribution is -2.52. The van der Waals surface area contributed by atoms with Gasteiger partial charge in [-0.2, -0.15) is 0 Å². The molecule has 0 bridgehead atoms. The van der Waals surface area contributed by atoms with E-state index in [1.54, 1.807) is 6.92 Å². The van der Waals surface area contributed by atoms with E-state index in [9.17, 15) is 19.8 Å². The number of nitrogens with one attached hydrogen (secondary N) is 2. The molecule has 2 aromatic rings. The maximum Gasteiger partial charge on any atom is 0.235 e. The van der Waals surface area contributed by atoms with E-state index in [0.717, 1.165) is 16.5 Å². The van der Waals surface area contributed by atoms with Crippen LogP contribution in [0.5, 0.6) is 0 Å². The molecule has 8 atom stereocenters. The van der Waals surface area contributed by atoms with E-state index < -0.39 is 23.5 Å². The van der Waals surface area contributed by atoms with E-state index in [1.807, 2.05) is 36.5 Å². The van der Waals surface area contributed by atoms with Gasteiger partial charge in [0, 0.05) is 35.0 Å². The van der Waals surface area contributed by atoms with Crippen molar-refractivity contribution in [3.8, 4) is 0 Å². The van der Waals surface area contributed by atoms with Gasteiger partial charge in [-0.1, -0.05) is 61.9 Å². The SMILES string of the molecule is CC1=C[C@@H]2/C=C/C[C@H](C)/C=C(\C)[C@@H](O)[C@@H](O)/C=C/C(=O)[C@]23C(=O)N[C@@H](Cc2c[nH]c4ccccc24)[C@@H]3[C@@H]1C. The summed E-state index contributed by atoms with van der Waals surface area (Å²) in [5.41, 5.74) is 2.65.